The van der Waals surface area contributed by atoms with Crippen molar-refractivity contribution in [3.63, 3.8) is 0 Å². The molecule has 0 unspecified atom stereocenters. The van der Waals surface area contributed by atoms with Crippen molar-refractivity contribution in [1.82, 2.24) is 4.90 Å². The summed E-state index contributed by atoms with van der Waals surface area (Å²) in [4.78, 5) is 2.20. The Labute approximate surface area is 110 Å². The molecule has 0 bridgehead atoms. The van der Waals surface area contributed by atoms with E-state index in [9.17, 15) is 0 Å². The van der Waals surface area contributed by atoms with Crippen LogP contribution in [0.15, 0.2) is 42.5 Å². The van der Waals surface area contributed by atoms with Gasteiger partial charge < -0.3 is 9.64 Å². The molecule has 2 nitrogen and oxygen atoms in total. The summed E-state index contributed by atoms with van der Waals surface area (Å²) < 4.78 is 5.62. The molecule has 1 aromatic rings. The Bertz CT molecular complexity index is 326. The highest BCUT2D eigenvalue weighted by Gasteiger charge is 2.00. The summed E-state index contributed by atoms with van der Waals surface area (Å²) in [7, 11) is 2.07. The zero-order chi connectivity index (χ0) is 12.5. The number of hydrogen-bond donors (Lipinski definition) is 1. The highest BCUT2D eigenvalue weighted by atomic mass is 32.1. The van der Waals surface area contributed by atoms with Gasteiger partial charge in [0.1, 0.15) is 0 Å². The van der Waals surface area contributed by atoms with Crippen LogP contribution in [0.3, 0.4) is 0 Å². The van der Waals surface area contributed by atoms with Crippen LogP contribution in [-0.4, -0.2) is 37.4 Å². The first-order chi connectivity index (χ1) is 8.22. The Morgan fingerprint density at radius 2 is 2.06 bits per heavy atom. The zero-order valence-corrected chi connectivity index (χ0v) is 11.3. The predicted molar refractivity (Wildman–Crippen MR) is 76.6 cm³/mol. The lowest BCUT2D eigenvalue weighted by molar-refractivity contribution is 0.102. The number of ether oxygens (including phenoxy) is 1. The van der Waals surface area contributed by atoms with E-state index in [0.29, 0.717) is 6.61 Å². The minimum absolute atomic E-state index is 0.683. The molecule has 0 N–H and O–H groups in total. The quantitative estimate of drug-likeness (QED) is 0.433. The van der Waals surface area contributed by atoms with Crippen LogP contribution in [0.5, 0.6) is 0 Å². The van der Waals surface area contributed by atoms with Gasteiger partial charge in [-0.2, -0.15) is 12.6 Å². The first-order valence-electron chi connectivity index (χ1n) is 5.80. The van der Waals surface area contributed by atoms with E-state index in [1.54, 1.807) is 0 Å². The van der Waals surface area contributed by atoms with Crippen molar-refractivity contribution in [2.45, 2.75) is 6.61 Å². The Hall–Kier alpha value is -0.770. The molecule has 94 valence electrons. The summed E-state index contributed by atoms with van der Waals surface area (Å²) in [6.45, 7) is 7.16. The summed E-state index contributed by atoms with van der Waals surface area (Å²) in [6, 6.07) is 10.2. The molecule has 0 heterocycles. The van der Waals surface area contributed by atoms with Crippen LogP contribution < -0.4 is 0 Å². The number of rotatable bonds is 8. The summed E-state index contributed by atoms with van der Waals surface area (Å²) in [5.41, 5.74) is 2.36. The van der Waals surface area contributed by atoms with E-state index in [1.807, 2.05) is 18.2 Å². The van der Waals surface area contributed by atoms with Crippen LogP contribution in [0.1, 0.15) is 5.56 Å². The molecular formula is C14H21NOS. The third-order valence-electron chi connectivity index (χ3n) is 2.45. The van der Waals surface area contributed by atoms with Crippen molar-refractivity contribution in [1.29, 1.82) is 0 Å². The van der Waals surface area contributed by atoms with Gasteiger partial charge in [0.25, 0.3) is 0 Å². The Balaban J connectivity index is 2.10. The second-order valence-corrected chi connectivity index (χ2v) is 4.50. The largest absolute Gasteiger partial charge is 0.375 e. The van der Waals surface area contributed by atoms with Gasteiger partial charge in [0.15, 0.2) is 0 Å². The van der Waals surface area contributed by atoms with Gasteiger partial charge in [0.2, 0.25) is 0 Å². The van der Waals surface area contributed by atoms with Crippen molar-refractivity contribution in [2.75, 3.05) is 32.5 Å². The first kappa shape index (κ1) is 14.3. The van der Waals surface area contributed by atoms with E-state index >= 15 is 0 Å². The molecule has 0 aliphatic heterocycles. The summed E-state index contributed by atoms with van der Waals surface area (Å²) in [6.07, 6.45) is 0. The van der Waals surface area contributed by atoms with E-state index in [2.05, 4.69) is 43.3 Å². The summed E-state index contributed by atoms with van der Waals surface area (Å²) in [5.74, 6) is 0.745. The molecule has 0 saturated heterocycles. The highest BCUT2D eigenvalue weighted by Crippen LogP contribution is 2.01. The zero-order valence-electron chi connectivity index (χ0n) is 10.4. The Morgan fingerprint density at radius 3 is 2.71 bits per heavy atom. The van der Waals surface area contributed by atoms with Crippen molar-refractivity contribution >= 4 is 12.6 Å². The number of benzene rings is 1. The molecule has 1 rings (SSSR count). The fourth-order valence-electron chi connectivity index (χ4n) is 1.50. The number of hydrogen-bond acceptors (Lipinski definition) is 3. The van der Waals surface area contributed by atoms with Crippen LogP contribution in [0.25, 0.3) is 0 Å². The maximum atomic E-state index is 5.62. The van der Waals surface area contributed by atoms with Gasteiger partial charge in [-0.15, -0.1) is 0 Å². The lowest BCUT2D eigenvalue weighted by Crippen LogP contribution is -2.25. The van der Waals surface area contributed by atoms with E-state index in [4.69, 9.17) is 4.74 Å². The van der Waals surface area contributed by atoms with Crippen LogP contribution in [0, 0.1) is 0 Å². The number of nitrogens with zero attached hydrogens (tertiary/aromatic N) is 1. The van der Waals surface area contributed by atoms with Gasteiger partial charge in [0, 0.05) is 18.8 Å². The molecule has 0 amide bonds. The minimum Gasteiger partial charge on any atom is -0.375 e. The predicted octanol–water partition coefficient (Wildman–Crippen LogP) is 2.62. The second-order valence-electron chi connectivity index (χ2n) is 4.18. The number of thiol groups is 1. The molecule has 0 radical (unpaired) electrons. The van der Waals surface area contributed by atoms with E-state index < -0.39 is 0 Å². The summed E-state index contributed by atoms with van der Waals surface area (Å²) in [5, 5.41) is 0. The van der Waals surface area contributed by atoms with Crippen molar-refractivity contribution in [2.24, 2.45) is 0 Å². The molecule has 17 heavy (non-hydrogen) atoms. The Kier molecular flexibility index (Phi) is 7.01. The average molecular weight is 251 g/mol. The Morgan fingerprint density at radius 1 is 1.35 bits per heavy atom. The second kappa shape index (κ2) is 8.34. The highest BCUT2D eigenvalue weighted by molar-refractivity contribution is 7.80. The molecule has 0 fully saturated rings. The smallest absolute Gasteiger partial charge is 0.0717 e. The maximum Gasteiger partial charge on any atom is 0.0717 e. The third-order valence-corrected chi connectivity index (χ3v) is 2.89. The van der Waals surface area contributed by atoms with Crippen molar-refractivity contribution in [3.8, 4) is 0 Å². The lowest BCUT2D eigenvalue weighted by atomic mass is 10.2. The first-order valence-corrected chi connectivity index (χ1v) is 6.43. The van der Waals surface area contributed by atoms with Gasteiger partial charge in [0.05, 0.1) is 13.2 Å². The van der Waals surface area contributed by atoms with Gasteiger partial charge in [-0.1, -0.05) is 42.5 Å². The van der Waals surface area contributed by atoms with E-state index in [0.717, 1.165) is 31.0 Å². The van der Waals surface area contributed by atoms with Crippen LogP contribution in [0.4, 0.5) is 0 Å². The lowest BCUT2D eigenvalue weighted by Gasteiger charge is -2.17. The molecule has 0 spiro atoms. The molecular weight excluding hydrogens is 230 g/mol. The molecule has 1 aromatic carbocycles. The SMILES string of the molecule is C=C(CS)CN(C)CCOCc1ccccc1. The van der Waals surface area contributed by atoms with Crippen LogP contribution >= 0.6 is 12.6 Å². The molecule has 0 saturated carbocycles. The minimum atomic E-state index is 0.683. The van der Waals surface area contributed by atoms with Gasteiger partial charge >= 0.3 is 0 Å². The van der Waals surface area contributed by atoms with Gasteiger partial charge in [-0.25, -0.2) is 0 Å². The van der Waals surface area contributed by atoms with E-state index in [-0.39, 0.29) is 0 Å². The van der Waals surface area contributed by atoms with Crippen LogP contribution in [0.2, 0.25) is 0 Å². The van der Waals surface area contributed by atoms with Crippen LogP contribution in [-0.2, 0) is 11.3 Å². The molecule has 0 aromatic heterocycles. The van der Waals surface area contributed by atoms with Crippen molar-refractivity contribution < 1.29 is 4.74 Å². The standard InChI is InChI=1S/C14H21NOS/c1-13(12-17)10-15(2)8-9-16-11-14-6-4-3-5-7-14/h3-7,17H,1,8-12H2,2H3. The monoisotopic (exact) mass is 251 g/mol. The third kappa shape index (κ3) is 6.51. The fourth-order valence-corrected chi connectivity index (χ4v) is 1.60. The van der Waals surface area contributed by atoms with Crippen molar-refractivity contribution in [3.05, 3.63) is 48.0 Å². The van der Waals surface area contributed by atoms with E-state index in [1.165, 1.54) is 5.56 Å². The molecule has 0 aliphatic rings. The van der Waals surface area contributed by atoms with Gasteiger partial charge in [-0.05, 0) is 12.6 Å². The molecule has 0 atom stereocenters. The fraction of sp³-hybridized carbons (Fsp3) is 0.429. The number of likely N-dealkylation sites (N-methyl/N-ethyl adjacent to an activating group) is 1. The summed E-state index contributed by atoms with van der Waals surface area (Å²) >= 11 is 4.19. The average Bonchev–Trinajstić information content (AvgIpc) is 2.36. The maximum absolute atomic E-state index is 5.62. The van der Waals surface area contributed by atoms with Gasteiger partial charge in [-0.3, -0.25) is 0 Å². The normalized spacial score (nSPS) is 10.8. The topological polar surface area (TPSA) is 12.5 Å². The molecule has 3 heteroatoms. The molecule has 0 aliphatic carbocycles.